The van der Waals surface area contributed by atoms with Crippen LogP contribution in [-0.4, -0.2) is 27.9 Å². The lowest BCUT2D eigenvalue weighted by atomic mass is 10.2. The van der Waals surface area contributed by atoms with E-state index in [1.165, 1.54) is 4.57 Å². The Morgan fingerprint density at radius 2 is 1.87 bits per heavy atom. The average molecular weight is 423 g/mol. The van der Waals surface area contributed by atoms with Gasteiger partial charge in [0.1, 0.15) is 0 Å². The van der Waals surface area contributed by atoms with Crippen molar-refractivity contribution in [2.45, 2.75) is 32.4 Å². The van der Waals surface area contributed by atoms with Gasteiger partial charge in [-0.25, -0.2) is 0 Å². The maximum Gasteiger partial charge on any atom is 0.262 e. The Morgan fingerprint density at radius 1 is 1.10 bits per heavy atom. The molecule has 1 aliphatic heterocycles. The van der Waals surface area contributed by atoms with E-state index >= 15 is 0 Å². The average Bonchev–Trinajstić information content (AvgIpc) is 3.18. The Bertz CT molecular complexity index is 1210. The summed E-state index contributed by atoms with van der Waals surface area (Å²) in [4.78, 5) is 41.5. The molecule has 1 saturated heterocycles. The number of nitrogens with zero attached hydrogens (tertiary/aromatic N) is 2. The van der Waals surface area contributed by atoms with Gasteiger partial charge in [0.2, 0.25) is 11.8 Å². The number of hydrogen-bond donors (Lipinski definition) is 2. The number of para-hydroxylation sites is 1. The van der Waals surface area contributed by atoms with E-state index in [4.69, 9.17) is 12.2 Å². The molecule has 0 spiro atoms. The Labute approximate surface area is 178 Å². The number of benzene rings is 2. The fourth-order valence-electron chi connectivity index (χ4n) is 3.62. The summed E-state index contributed by atoms with van der Waals surface area (Å²) in [5, 5.41) is 3.41. The monoisotopic (exact) mass is 422 g/mol. The van der Waals surface area contributed by atoms with Crippen LogP contribution in [0.4, 0.5) is 5.69 Å². The van der Waals surface area contributed by atoms with Crippen molar-refractivity contribution < 1.29 is 9.59 Å². The van der Waals surface area contributed by atoms with Crippen LogP contribution in [0, 0.1) is 4.77 Å². The normalized spacial score (nSPS) is 13.7. The number of aromatic nitrogens is 2. The van der Waals surface area contributed by atoms with Gasteiger partial charge < -0.3 is 15.2 Å². The molecule has 2 N–H and O–H groups in total. The molecule has 0 unspecified atom stereocenters. The van der Waals surface area contributed by atoms with Gasteiger partial charge >= 0.3 is 0 Å². The molecule has 4 rings (SSSR count). The van der Waals surface area contributed by atoms with Crippen molar-refractivity contribution in [2.75, 3.05) is 11.4 Å². The molecule has 2 aromatic carbocycles. The van der Waals surface area contributed by atoms with Crippen LogP contribution in [0.2, 0.25) is 0 Å². The van der Waals surface area contributed by atoms with Crippen LogP contribution < -0.4 is 15.8 Å². The topological polar surface area (TPSA) is 87.2 Å². The zero-order valence-corrected chi connectivity index (χ0v) is 17.2. The summed E-state index contributed by atoms with van der Waals surface area (Å²) in [6.45, 7) is 1.35. The summed E-state index contributed by atoms with van der Waals surface area (Å²) < 4.78 is 1.72. The van der Waals surface area contributed by atoms with Crippen LogP contribution in [0.5, 0.6) is 0 Å². The quantitative estimate of drug-likeness (QED) is 0.598. The van der Waals surface area contributed by atoms with Crippen molar-refractivity contribution in [3.8, 4) is 0 Å². The first-order chi connectivity index (χ1) is 14.5. The highest BCUT2D eigenvalue weighted by Gasteiger charge is 2.21. The van der Waals surface area contributed by atoms with Gasteiger partial charge in [-0.05, 0) is 48.5 Å². The van der Waals surface area contributed by atoms with Crippen molar-refractivity contribution in [3.63, 3.8) is 0 Å². The molecule has 0 aliphatic carbocycles. The number of amides is 2. The van der Waals surface area contributed by atoms with Gasteiger partial charge in [0.15, 0.2) is 4.77 Å². The lowest BCUT2D eigenvalue weighted by molar-refractivity contribution is -0.121. The second kappa shape index (κ2) is 8.62. The summed E-state index contributed by atoms with van der Waals surface area (Å²) in [6, 6.07) is 14.8. The Hall–Kier alpha value is -3.26. The third-order valence-corrected chi connectivity index (χ3v) is 5.59. The highest BCUT2D eigenvalue weighted by Crippen LogP contribution is 2.21. The fourth-order valence-corrected chi connectivity index (χ4v) is 3.90. The van der Waals surface area contributed by atoms with E-state index in [-0.39, 0.29) is 30.3 Å². The van der Waals surface area contributed by atoms with Crippen LogP contribution in [0.15, 0.2) is 53.3 Å². The molecule has 154 valence electrons. The van der Waals surface area contributed by atoms with E-state index in [1.807, 2.05) is 30.3 Å². The number of fused-ring (bicyclic) bond motifs is 1. The van der Waals surface area contributed by atoms with Crippen molar-refractivity contribution in [1.82, 2.24) is 14.9 Å². The molecule has 0 radical (unpaired) electrons. The first kappa shape index (κ1) is 20.0. The predicted molar refractivity (Wildman–Crippen MR) is 118 cm³/mol. The highest BCUT2D eigenvalue weighted by atomic mass is 32.1. The maximum absolute atomic E-state index is 12.6. The van der Waals surface area contributed by atoms with Crippen LogP contribution in [0.3, 0.4) is 0 Å². The zero-order valence-electron chi connectivity index (χ0n) is 16.4. The van der Waals surface area contributed by atoms with Crippen LogP contribution >= 0.6 is 12.2 Å². The number of nitrogens with one attached hydrogen (secondary N) is 2. The van der Waals surface area contributed by atoms with E-state index in [0.717, 1.165) is 24.2 Å². The number of H-pyrrole nitrogens is 1. The predicted octanol–water partition coefficient (Wildman–Crippen LogP) is 2.89. The smallest absolute Gasteiger partial charge is 0.262 e. The molecule has 1 aromatic heterocycles. The van der Waals surface area contributed by atoms with Gasteiger partial charge in [-0.15, -0.1) is 0 Å². The molecule has 1 aliphatic rings. The minimum absolute atomic E-state index is 0.149. The molecular weight excluding hydrogens is 400 g/mol. The molecule has 0 saturated carbocycles. The van der Waals surface area contributed by atoms with Gasteiger partial charge in [-0.1, -0.05) is 24.3 Å². The second-order valence-corrected chi connectivity index (χ2v) is 7.66. The number of carbonyl (C=O) groups excluding carboxylic acids is 2. The third-order valence-electron chi connectivity index (χ3n) is 5.26. The number of carbonyl (C=O) groups is 2. The first-order valence-corrected chi connectivity index (χ1v) is 10.3. The summed E-state index contributed by atoms with van der Waals surface area (Å²) >= 11 is 5.27. The molecule has 7 nitrogen and oxygen atoms in total. The van der Waals surface area contributed by atoms with Crippen LogP contribution in [0.1, 0.15) is 24.8 Å². The van der Waals surface area contributed by atoms with Gasteiger partial charge in [0, 0.05) is 38.2 Å². The molecule has 30 heavy (non-hydrogen) atoms. The molecule has 8 heteroatoms. The third kappa shape index (κ3) is 4.18. The molecule has 1 fully saturated rings. The maximum atomic E-state index is 12.6. The number of anilines is 1. The van der Waals surface area contributed by atoms with Crippen molar-refractivity contribution in [3.05, 3.63) is 69.2 Å². The van der Waals surface area contributed by atoms with Gasteiger partial charge in [0.05, 0.1) is 10.9 Å². The molecule has 0 atom stereocenters. The van der Waals surface area contributed by atoms with E-state index < -0.39 is 0 Å². The molecule has 0 bridgehead atoms. The Kier molecular flexibility index (Phi) is 5.76. The highest BCUT2D eigenvalue weighted by molar-refractivity contribution is 7.71. The van der Waals surface area contributed by atoms with Crippen molar-refractivity contribution in [2.24, 2.45) is 0 Å². The van der Waals surface area contributed by atoms with Gasteiger partial charge in [-0.2, -0.15) is 0 Å². The largest absolute Gasteiger partial charge is 0.352 e. The zero-order chi connectivity index (χ0) is 21.1. The second-order valence-electron chi connectivity index (χ2n) is 7.27. The summed E-state index contributed by atoms with van der Waals surface area (Å²) in [6.07, 6.45) is 1.64. The standard InChI is InChI=1S/C22H22N4O3S/c27-19(11-13-26-21(29)17-4-1-2-5-18(17)24-22(26)30)23-14-15-7-9-16(10-8-15)25-12-3-6-20(25)28/h1-2,4-5,7-10H,3,6,11-14H2,(H,23,27)(H,24,30). The number of aromatic amines is 1. The van der Waals surface area contributed by atoms with E-state index in [1.54, 1.807) is 23.1 Å². The van der Waals surface area contributed by atoms with Crippen molar-refractivity contribution >= 4 is 40.6 Å². The SMILES string of the molecule is O=C(CCn1c(=S)[nH]c2ccccc2c1=O)NCc1ccc(N2CCCC2=O)cc1. The van der Waals surface area contributed by atoms with Gasteiger partial charge in [0.25, 0.3) is 5.56 Å². The summed E-state index contributed by atoms with van der Waals surface area (Å²) in [5.41, 5.74) is 2.32. The molecule has 3 aromatic rings. The van der Waals surface area contributed by atoms with E-state index in [0.29, 0.717) is 28.6 Å². The Morgan fingerprint density at radius 3 is 2.60 bits per heavy atom. The first-order valence-electron chi connectivity index (χ1n) is 9.91. The summed E-state index contributed by atoms with van der Waals surface area (Å²) in [7, 11) is 0. The summed E-state index contributed by atoms with van der Waals surface area (Å²) in [5.74, 6) is -0.0124. The minimum Gasteiger partial charge on any atom is -0.352 e. The lowest BCUT2D eigenvalue weighted by Gasteiger charge is -2.16. The molecule has 2 heterocycles. The fraction of sp³-hybridized carbons (Fsp3) is 0.273. The lowest BCUT2D eigenvalue weighted by Crippen LogP contribution is -2.28. The van der Waals surface area contributed by atoms with E-state index in [2.05, 4.69) is 10.3 Å². The van der Waals surface area contributed by atoms with Crippen molar-refractivity contribution in [1.29, 1.82) is 0 Å². The number of rotatable bonds is 6. The number of hydrogen-bond acceptors (Lipinski definition) is 4. The van der Waals surface area contributed by atoms with Crippen LogP contribution in [-0.2, 0) is 22.7 Å². The molecule has 2 amide bonds. The Balaban J connectivity index is 1.34. The minimum atomic E-state index is -0.200. The molecular formula is C22H22N4O3S. The van der Waals surface area contributed by atoms with Crippen LogP contribution in [0.25, 0.3) is 10.9 Å². The van der Waals surface area contributed by atoms with Gasteiger partial charge in [-0.3, -0.25) is 19.0 Å². The van der Waals surface area contributed by atoms with E-state index in [9.17, 15) is 14.4 Å².